The van der Waals surface area contributed by atoms with Gasteiger partial charge in [-0.05, 0) is 177 Å². The first-order chi connectivity index (χ1) is 52.7. The van der Waals surface area contributed by atoms with Gasteiger partial charge in [0, 0.05) is 96.8 Å². The average molecular weight is 1510 g/mol. The third kappa shape index (κ3) is 19.6. The van der Waals surface area contributed by atoms with Crippen LogP contribution in [0.3, 0.4) is 0 Å². The molecule has 22 nitrogen and oxygen atoms in total. The quantitative estimate of drug-likeness (QED) is 0.0379. The number of halogens is 4. The van der Waals surface area contributed by atoms with Gasteiger partial charge in [0.1, 0.15) is 52.3 Å². The summed E-state index contributed by atoms with van der Waals surface area (Å²) in [4.78, 5) is 68.8. The van der Waals surface area contributed by atoms with E-state index in [9.17, 15) is 45.2 Å². The number of methoxy groups -OCH3 is 1. The third-order valence-electron chi connectivity index (χ3n) is 17.9. The molecule has 110 heavy (non-hydrogen) atoms. The summed E-state index contributed by atoms with van der Waals surface area (Å²) in [5.41, 5.74) is 37.7. The zero-order valence-corrected chi connectivity index (χ0v) is 60.8. The van der Waals surface area contributed by atoms with Crippen LogP contribution in [0.4, 0.5) is 46.5 Å². The number of carbonyl (C=O) groups excluding carboxylic acids is 4. The van der Waals surface area contributed by atoms with Gasteiger partial charge < -0.3 is 59.8 Å². The Kier molecular flexibility index (Phi) is 24.7. The summed E-state index contributed by atoms with van der Waals surface area (Å²) in [5, 5.41) is 25.1. The minimum Gasteiger partial charge on any atom is -0.497 e. The first-order valence-electron chi connectivity index (χ1n) is 34.6. The lowest BCUT2D eigenvalue weighted by Crippen LogP contribution is -2.45. The number of ether oxygens (including phenoxy) is 1. The summed E-state index contributed by atoms with van der Waals surface area (Å²) in [6.45, 7) is 5.94. The molecule has 1 aliphatic rings. The van der Waals surface area contributed by atoms with Gasteiger partial charge in [0.15, 0.2) is 9.84 Å². The molecule has 0 saturated carbocycles. The van der Waals surface area contributed by atoms with E-state index in [0.717, 1.165) is 33.4 Å². The van der Waals surface area contributed by atoms with Crippen LogP contribution < -0.4 is 54.7 Å². The summed E-state index contributed by atoms with van der Waals surface area (Å²) in [6.07, 6.45) is 5.77. The molecular weight excluding hydrogens is 1430 g/mol. The Bertz CT molecular complexity index is 5720. The number of fused-ring (bicyclic) bond motifs is 4. The molecule has 1 saturated heterocycles. The van der Waals surface area contributed by atoms with E-state index in [-0.39, 0.29) is 71.6 Å². The van der Waals surface area contributed by atoms with Crippen molar-refractivity contribution < 1.29 is 55.0 Å². The number of nitrogens with two attached hydrogens (primary N) is 5. The number of nitrogen functional groups attached to an aromatic ring is 4. The lowest BCUT2D eigenvalue weighted by molar-refractivity contribution is 0.0939. The van der Waals surface area contributed by atoms with Crippen LogP contribution in [0.15, 0.2) is 219 Å². The highest BCUT2D eigenvalue weighted by molar-refractivity contribution is 7.91. The predicted molar refractivity (Wildman–Crippen MR) is 425 cm³/mol. The lowest BCUT2D eigenvalue weighted by atomic mass is 9.99. The Morgan fingerprint density at radius 2 is 0.764 bits per heavy atom. The van der Waals surface area contributed by atoms with Crippen molar-refractivity contribution in [2.75, 3.05) is 92.7 Å². The highest BCUT2D eigenvalue weighted by atomic mass is 32.2. The molecule has 0 atom stereocenters. The molecule has 0 aliphatic carbocycles. The molecule has 14 rings (SSSR count). The van der Waals surface area contributed by atoms with Crippen LogP contribution in [-0.4, -0.2) is 132 Å². The number of nitrogens with zero attached hydrogens (tertiary/aromatic N) is 5. The van der Waals surface area contributed by atoms with Crippen LogP contribution >= 0.6 is 0 Å². The molecule has 15 N–H and O–H groups in total. The molecule has 562 valence electrons. The Labute approximate surface area is 630 Å². The van der Waals surface area contributed by atoms with Gasteiger partial charge in [-0.15, -0.1) is 0 Å². The minimum atomic E-state index is -2.92. The van der Waals surface area contributed by atoms with Crippen molar-refractivity contribution in [1.82, 2.24) is 40.8 Å². The van der Waals surface area contributed by atoms with Gasteiger partial charge in [0.05, 0.1) is 47.5 Å². The van der Waals surface area contributed by atoms with Crippen LogP contribution in [0, 0.1) is 23.3 Å². The van der Waals surface area contributed by atoms with Crippen molar-refractivity contribution in [3.63, 3.8) is 0 Å². The van der Waals surface area contributed by atoms with Crippen molar-refractivity contribution in [3.8, 4) is 50.3 Å². The molecule has 9 aromatic carbocycles. The normalized spacial score (nSPS) is 12.5. The molecule has 4 amide bonds. The SMILES string of the molecule is CC(C)(N)CNC(=O)c1cnc(N)c2cc(-c3cccc(F)c3)ccc12.COc1ccc(NC(=O)c2cnc(N)c3cc(-c4cccc(F)c4)ccc23)cc1.Nc1ncc(C(=O)NCCN2CCS(=O)(=O)CC2)c2ccc(-c3cccc(F)c3)cc12.Nc1ncc(C(=O)NCCO)c2ccc(-c3cccc(F)c3)cc12. The predicted octanol–water partition coefficient (Wildman–Crippen LogP) is 12.4. The Morgan fingerprint density at radius 3 is 1.08 bits per heavy atom. The molecule has 0 bridgehead atoms. The van der Waals surface area contributed by atoms with Crippen molar-refractivity contribution in [2.45, 2.75) is 19.4 Å². The molecule has 1 aliphatic heterocycles. The highest BCUT2D eigenvalue weighted by Gasteiger charge is 2.24. The van der Waals surface area contributed by atoms with Gasteiger partial charge >= 0.3 is 0 Å². The van der Waals surface area contributed by atoms with Gasteiger partial charge in [-0.3, -0.25) is 24.1 Å². The van der Waals surface area contributed by atoms with Gasteiger partial charge in [-0.25, -0.2) is 45.9 Å². The number of aliphatic hydroxyl groups is 1. The summed E-state index contributed by atoms with van der Waals surface area (Å²) < 4.78 is 82.2. The van der Waals surface area contributed by atoms with Gasteiger partial charge in [-0.1, -0.05) is 97.1 Å². The zero-order chi connectivity index (χ0) is 78.4. The van der Waals surface area contributed by atoms with Crippen LogP contribution in [0.2, 0.25) is 0 Å². The first-order valence-corrected chi connectivity index (χ1v) is 36.4. The number of pyridine rings is 4. The molecular formula is C83H78F4N14O8S. The summed E-state index contributed by atoms with van der Waals surface area (Å²) in [6, 6.07) is 53.8. The topological polar surface area (TPSA) is 365 Å². The fourth-order valence-electron chi connectivity index (χ4n) is 12.1. The number of amides is 4. The van der Waals surface area contributed by atoms with E-state index < -0.39 is 15.4 Å². The molecule has 0 unspecified atom stereocenters. The van der Waals surface area contributed by atoms with Crippen molar-refractivity contribution in [3.05, 3.63) is 264 Å². The number of nitrogens with one attached hydrogen (secondary N) is 4. The number of anilines is 5. The van der Waals surface area contributed by atoms with Crippen LogP contribution in [0.25, 0.3) is 87.6 Å². The largest absolute Gasteiger partial charge is 0.497 e. The second-order valence-corrected chi connectivity index (χ2v) is 28.7. The molecule has 0 spiro atoms. The lowest BCUT2D eigenvalue weighted by Gasteiger charge is -2.26. The van der Waals surface area contributed by atoms with Crippen molar-refractivity contribution in [2.24, 2.45) is 5.73 Å². The highest BCUT2D eigenvalue weighted by Crippen LogP contribution is 2.35. The maximum atomic E-state index is 13.6. The maximum Gasteiger partial charge on any atom is 0.257 e. The third-order valence-corrected chi connectivity index (χ3v) is 19.5. The summed E-state index contributed by atoms with van der Waals surface area (Å²) in [5.74, 6) is -0.248. The smallest absolute Gasteiger partial charge is 0.257 e. The standard InChI is InChI=1S/C23H18FN3O2.C22H23FN4O3S.C20H21FN4O.C18H16FN3O2/c1-29-18-8-6-17(7-9-18)27-23(28)21-13-26-22(25)20-12-15(5-10-19(20)21)14-3-2-4-16(24)11-14;23-17-3-1-2-15(12-17)16-4-5-18-19(13-16)21(24)26-14-20(18)22(28)25-6-7-27-8-10-31(29,30)11-9-27;1-20(2,23)11-25-19(26)17-10-24-18(22)16-9-13(6-7-15(16)17)12-4-3-5-14(21)8-12;19-13-3-1-2-11(8-13)12-4-5-14-15(9-12)17(20)22-10-16(14)18(24)21-6-7-23/h2-13H,1H3,(H2,25,26)(H,27,28);1-5,12-14H,6-11H2,(H2,24,26)(H,25,28);3-10H,11,23H2,1-2H3,(H2,22,24)(H,25,26);1-5,8-10,23H,6-7H2,(H2,20,22)(H,21,24). The molecule has 27 heteroatoms. The zero-order valence-electron chi connectivity index (χ0n) is 60.0. The average Bonchev–Trinajstić information content (AvgIpc) is 0.798. The van der Waals surface area contributed by atoms with E-state index in [1.165, 1.54) is 73.3 Å². The van der Waals surface area contributed by atoms with E-state index >= 15 is 0 Å². The molecule has 5 heterocycles. The molecule has 13 aromatic rings. The van der Waals surface area contributed by atoms with E-state index in [0.29, 0.717) is 144 Å². The number of carbonyl (C=O) groups is 4. The Hall–Kier alpha value is -13.0. The van der Waals surface area contributed by atoms with Crippen LogP contribution in [-0.2, 0) is 9.84 Å². The van der Waals surface area contributed by atoms with E-state index in [2.05, 4.69) is 41.2 Å². The van der Waals surface area contributed by atoms with Crippen LogP contribution in [0.5, 0.6) is 5.75 Å². The Balaban J connectivity index is 0.000000146. The van der Waals surface area contributed by atoms with Crippen molar-refractivity contribution in [1.29, 1.82) is 0 Å². The molecule has 4 aromatic heterocycles. The summed E-state index contributed by atoms with van der Waals surface area (Å²) >= 11 is 0. The second-order valence-electron chi connectivity index (χ2n) is 26.4. The number of benzene rings is 9. The minimum absolute atomic E-state index is 0.143. The Morgan fingerprint density at radius 1 is 0.445 bits per heavy atom. The second kappa shape index (κ2) is 34.7. The fraction of sp³-hybridized carbons (Fsp3) is 0.157. The van der Waals surface area contributed by atoms with E-state index in [1.54, 1.807) is 110 Å². The summed E-state index contributed by atoms with van der Waals surface area (Å²) in [7, 11) is -1.34. The molecule has 1 fully saturated rings. The van der Waals surface area contributed by atoms with Crippen molar-refractivity contribution >= 4 is 106 Å². The van der Waals surface area contributed by atoms with E-state index in [1.807, 2.05) is 61.2 Å². The first kappa shape index (κ1) is 78.1. The van der Waals surface area contributed by atoms with Gasteiger partial charge in [0.2, 0.25) is 0 Å². The van der Waals surface area contributed by atoms with Crippen LogP contribution in [0.1, 0.15) is 55.3 Å². The number of aliphatic hydroxyl groups excluding tert-OH is 1. The number of hydrogen-bond acceptors (Lipinski definition) is 18. The number of rotatable bonds is 17. The van der Waals surface area contributed by atoms with E-state index in [4.69, 9.17) is 38.5 Å². The fourth-order valence-corrected chi connectivity index (χ4v) is 13.4. The molecule has 0 radical (unpaired) electrons. The number of hydrogen-bond donors (Lipinski definition) is 10. The number of aromatic nitrogens is 4. The van der Waals surface area contributed by atoms with Gasteiger partial charge in [-0.2, -0.15) is 0 Å². The van der Waals surface area contributed by atoms with Gasteiger partial charge in [0.25, 0.3) is 23.6 Å². The monoisotopic (exact) mass is 1510 g/mol. The number of sulfone groups is 1. The maximum absolute atomic E-state index is 13.6.